The molecule has 0 aliphatic rings. The van der Waals surface area contributed by atoms with Crippen molar-refractivity contribution in [2.24, 2.45) is 0 Å². The van der Waals surface area contributed by atoms with E-state index in [1.54, 1.807) is 36.4 Å². The molecule has 0 unspecified atom stereocenters. The molecule has 0 N–H and O–H groups in total. The molecule has 0 bridgehead atoms. The van der Waals surface area contributed by atoms with Crippen molar-refractivity contribution < 1.29 is 4.92 Å². The van der Waals surface area contributed by atoms with Crippen molar-refractivity contribution in [1.29, 1.82) is 5.26 Å². The molecule has 0 saturated carbocycles. The molecular weight excluding hydrogens is 587 g/mol. The van der Waals surface area contributed by atoms with Gasteiger partial charge in [0.15, 0.2) is 5.65 Å². The van der Waals surface area contributed by atoms with Crippen LogP contribution in [0.15, 0.2) is 101 Å². The van der Waals surface area contributed by atoms with Gasteiger partial charge in [0.1, 0.15) is 11.6 Å². The van der Waals surface area contributed by atoms with Crippen molar-refractivity contribution in [3.05, 3.63) is 133 Å². The van der Waals surface area contributed by atoms with Crippen LogP contribution in [0.1, 0.15) is 22.3 Å². The number of aromatic nitrogens is 2. The average Bonchev–Trinajstić information content (AvgIpc) is 3.38. The normalized spacial score (nSPS) is 11.4. The molecule has 9 heteroatoms. The number of pyridine rings is 1. The first-order valence-electron chi connectivity index (χ1n) is 12.8. The summed E-state index contributed by atoms with van der Waals surface area (Å²) in [6.45, 7) is 2.00. The summed E-state index contributed by atoms with van der Waals surface area (Å²) in [7, 11) is 0. The van der Waals surface area contributed by atoms with Crippen LogP contribution < -0.4 is 0 Å². The maximum absolute atomic E-state index is 12.0. The lowest BCUT2D eigenvalue weighted by Gasteiger charge is -2.12. The first kappa shape index (κ1) is 27.6. The van der Waals surface area contributed by atoms with Gasteiger partial charge in [0.2, 0.25) is 0 Å². The van der Waals surface area contributed by atoms with Gasteiger partial charge in [0.05, 0.1) is 36.6 Å². The SMILES string of the molecule is Cc1ccc(Sc2ccc(C=Cc3cc(-c4ccc(Cl)c(Cl)c4)n4c(nc5ccccc54)c3C#N)cc2[N+](=O)[O-])cc1. The van der Waals surface area contributed by atoms with Crippen molar-refractivity contribution in [2.75, 3.05) is 0 Å². The van der Waals surface area contributed by atoms with E-state index >= 15 is 0 Å². The van der Waals surface area contributed by atoms with Gasteiger partial charge in [-0.1, -0.05) is 89.1 Å². The fraction of sp³-hybridized carbons (Fsp3) is 0.0303. The Morgan fingerprint density at radius 1 is 0.952 bits per heavy atom. The number of fused-ring (bicyclic) bond motifs is 3. The van der Waals surface area contributed by atoms with Crippen molar-refractivity contribution in [3.63, 3.8) is 0 Å². The fourth-order valence-corrected chi connectivity index (χ4v) is 5.95. The third-order valence-corrected chi connectivity index (χ3v) is 8.63. The van der Waals surface area contributed by atoms with E-state index in [1.165, 1.54) is 11.8 Å². The molecule has 204 valence electrons. The number of nitriles is 1. The number of para-hydroxylation sites is 2. The van der Waals surface area contributed by atoms with Crippen LogP contribution in [0.2, 0.25) is 10.0 Å². The average molecular weight is 608 g/mol. The highest BCUT2D eigenvalue weighted by molar-refractivity contribution is 7.99. The van der Waals surface area contributed by atoms with Gasteiger partial charge >= 0.3 is 0 Å². The van der Waals surface area contributed by atoms with E-state index in [4.69, 9.17) is 28.2 Å². The molecule has 6 aromatic rings. The summed E-state index contributed by atoms with van der Waals surface area (Å²) in [5, 5.41) is 23.0. The molecule has 0 amide bonds. The Kier molecular flexibility index (Phi) is 7.44. The van der Waals surface area contributed by atoms with Crippen LogP contribution >= 0.6 is 35.0 Å². The molecular formula is C33H20Cl2N4O2S. The van der Waals surface area contributed by atoms with Gasteiger partial charge in [-0.05, 0) is 66.6 Å². The third kappa shape index (κ3) is 5.24. The summed E-state index contributed by atoms with van der Waals surface area (Å²) in [5.41, 5.74) is 6.41. The van der Waals surface area contributed by atoms with E-state index in [9.17, 15) is 15.4 Å². The lowest BCUT2D eigenvalue weighted by molar-refractivity contribution is -0.387. The van der Waals surface area contributed by atoms with E-state index in [2.05, 4.69) is 6.07 Å². The summed E-state index contributed by atoms with van der Waals surface area (Å²) in [6.07, 6.45) is 3.55. The minimum atomic E-state index is -0.376. The molecule has 4 aromatic carbocycles. The number of hydrogen-bond acceptors (Lipinski definition) is 5. The first-order chi connectivity index (χ1) is 20.3. The zero-order valence-electron chi connectivity index (χ0n) is 22.1. The number of rotatable bonds is 6. The number of halogens is 2. The zero-order valence-corrected chi connectivity index (χ0v) is 24.4. The van der Waals surface area contributed by atoms with E-state index in [0.29, 0.717) is 37.3 Å². The van der Waals surface area contributed by atoms with Gasteiger partial charge < -0.3 is 0 Å². The van der Waals surface area contributed by atoms with Crippen molar-refractivity contribution in [2.45, 2.75) is 16.7 Å². The number of nitro benzene ring substituents is 1. The van der Waals surface area contributed by atoms with Crippen LogP contribution in [-0.4, -0.2) is 14.3 Å². The minimum Gasteiger partial charge on any atom is -0.291 e. The number of nitrogens with zero attached hydrogens (tertiary/aromatic N) is 4. The fourth-order valence-electron chi connectivity index (χ4n) is 4.75. The molecule has 0 fully saturated rings. The smallest absolute Gasteiger partial charge is 0.283 e. The van der Waals surface area contributed by atoms with Crippen molar-refractivity contribution in [3.8, 4) is 17.3 Å². The number of aryl methyl sites for hydroxylation is 1. The second kappa shape index (κ2) is 11.3. The maximum atomic E-state index is 12.0. The van der Waals surface area contributed by atoms with Gasteiger partial charge in [0, 0.05) is 16.5 Å². The molecule has 6 rings (SSSR count). The number of nitro groups is 1. The van der Waals surface area contributed by atoms with E-state index in [-0.39, 0.29) is 10.6 Å². The number of imidazole rings is 1. The Morgan fingerprint density at radius 2 is 1.74 bits per heavy atom. The van der Waals surface area contributed by atoms with E-state index < -0.39 is 0 Å². The van der Waals surface area contributed by atoms with E-state index in [0.717, 1.165) is 32.7 Å². The molecule has 0 spiro atoms. The topological polar surface area (TPSA) is 84.2 Å². The molecule has 0 atom stereocenters. The van der Waals surface area contributed by atoms with Crippen LogP contribution in [0.5, 0.6) is 0 Å². The third-order valence-electron chi connectivity index (χ3n) is 6.82. The van der Waals surface area contributed by atoms with Gasteiger partial charge in [-0.3, -0.25) is 14.5 Å². The van der Waals surface area contributed by atoms with Crippen molar-refractivity contribution >= 4 is 69.5 Å². The van der Waals surface area contributed by atoms with Gasteiger partial charge in [-0.25, -0.2) is 4.98 Å². The highest BCUT2D eigenvalue weighted by atomic mass is 35.5. The monoisotopic (exact) mass is 606 g/mol. The summed E-state index contributed by atoms with van der Waals surface area (Å²) in [6, 6.07) is 30.2. The molecule has 0 aliphatic heterocycles. The lowest BCUT2D eigenvalue weighted by atomic mass is 10.0. The maximum Gasteiger partial charge on any atom is 0.283 e. The molecule has 0 aliphatic carbocycles. The summed E-state index contributed by atoms with van der Waals surface area (Å²) >= 11 is 13.9. The van der Waals surface area contributed by atoms with Gasteiger partial charge in [-0.15, -0.1) is 0 Å². The second-order valence-corrected chi connectivity index (χ2v) is 11.5. The second-order valence-electron chi connectivity index (χ2n) is 9.59. The molecule has 6 nitrogen and oxygen atoms in total. The van der Waals surface area contributed by atoms with Crippen LogP contribution in [0, 0.1) is 28.4 Å². The quantitative estimate of drug-likeness (QED) is 0.139. The lowest BCUT2D eigenvalue weighted by Crippen LogP contribution is -1.98. The van der Waals surface area contributed by atoms with Crippen LogP contribution in [0.25, 0.3) is 40.1 Å². The zero-order chi connectivity index (χ0) is 29.4. The Hall–Kier alpha value is -4.61. The predicted octanol–water partition coefficient (Wildman–Crippen LogP) is 9.87. The van der Waals surface area contributed by atoms with Crippen molar-refractivity contribution in [1.82, 2.24) is 9.38 Å². The largest absolute Gasteiger partial charge is 0.291 e. The number of hydrogen-bond donors (Lipinski definition) is 0. The predicted molar refractivity (Wildman–Crippen MR) is 170 cm³/mol. The van der Waals surface area contributed by atoms with Crippen LogP contribution in [-0.2, 0) is 0 Å². The summed E-state index contributed by atoms with van der Waals surface area (Å²) in [5.74, 6) is 0. The Bertz CT molecular complexity index is 2100. The first-order valence-corrected chi connectivity index (χ1v) is 14.4. The minimum absolute atomic E-state index is 0.00897. The van der Waals surface area contributed by atoms with Gasteiger partial charge in [-0.2, -0.15) is 5.26 Å². The van der Waals surface area contributed by atoms with Gasteiger partial charge in [0.25, 0.3) is 5.69 Å². The highest BCUT2D eigenvalue weighted by Gasteiger charge is 2.19. The van der Waals surface area contributed by atoms with Crippen LogP contribution in [0.4, 0.5) is 5.69 Å². The Balaban J connectivity index is 1.47. The highest BCUT2D eigenvalue weighted by Crippen LogP contribution is 2.37. The molecule has 2 heterocycles. The Morgan fingerprint density at radius 3 is 2.48 bits per heavy atom. The van der Waals surface area contributed by atoms with Crippen LogP contribution in [0.3, 0.4) is 0 Å². The number of benzene rings is 4. The summed E-state index contributed by atoms with van der Waals surface area (Å²) in [4.78, 5) is 17.8. The standard InChI is InChI=1S/C33H20Cl2N4O2S/c1-20-6-12-24(13-7-20)42-32-15-9-21(16-31(32)39(40)41)8-10-22-18-30(23-11-14-26(34)27(35)17-23)38-29-5-3-2-4-28(29)37-33(38)25(22)19-36/h2-18H,1H3. The molecule has 0 radical (unpaired) electrons. The van der Waals surface area contributed by atoms with E-state index in [1.807, 2.05) is 78.1 Å². The molecule has 2 aromatic heterocycles. The molecule has 42 heavy (non-hydrogen) atoms. The summed E-state index contributed by atoms with van der Waals surface area (Å²) < 4.78 is 1.94. The Labute approximate surface area is 255 Å². The molecule has 0 saturated heterocycles.